The van der Waals surface area contributed by atoms with E-state index in [1.165, 1.54) is 16.3 Å². The highest BCUT2D eigenvalue weighted by Crippen LogP contribution is 2.29. The fraction of sp³-hybridized carbons (Fsp3) is 0.474. The predicted molar refractivity (Wildman–Crippen MR) is 90.9 cm³/mol. The smallest absolute Gasteiger partial charge is 0.124 e. The van der Waals surface area contributed by atoms with Gasteiger partial charge in [0.2, 0.25) is 0 Å². The van der Waals surface area contributed by atoms with Crippen LogP contribution in [0.1, 0.15) is 46.1 Å². The first-order valence-electron chi connectivity index (χ1n) is 7.96. The van der Waals surface area contributed by atoms with Crippen LogP contribution in [0.25, 0.3) is 10.8 Å². The number of nitrogens with one attached hydrogen (secondary N) is 1. The van der Waals surface area contributed by atoms with E-state index >= 15 is 0 Å². The van der Waals surface area contributed by atoms with Gasteiger partial charge in [-0.1, -0.05) is 44.2 Å². The Hall–Kier alpha value is -1.54. The summed E-state index contributed by atoms with van der Waals surface area (Å²) in [7, 11) is 0. The summed E-state index contributed by atoms with van der Waals surface area (Å²) in [6.45, 7) is 10.4. The molecule has 0 aliphatic heterocycles. The van der Waals surface area contributed by atoms with Gasteiger partial charge in [-0.2, -0.15) is 0 Å². The van der Waals surface area contributed by atoms with E-state index in [2.05, 4.69) is 69.4 Å². The molecule has 0 aliphatic carbocycles. The average molecular weight is 285 g/mol. The van der Waals surface area contributed by atoms with Crippen LogP contribution in [-0.2, 0) is 6.54 Å². The Morgan fingerprint density at radius 1 is 1.05 bits per heavy atom. The van der Waals surface area contributed by atoms with E-state index in [-0.39, 0.29) is 5.54 Å². The Labute approximate surface area is 128 Å². The van der Waals surface area contributed by atoms with Crippen molar-refractivity contribution in [3.8, 4) is 5.75 Å². The van der Waals surface area contributed by atoms with Gasteiger partial charge in [0.25, 0.3) is 0 Å². The second-order valence-corrected chi connectivity index (χ2v) is 6.20. The van der Waals surface area contributed by atoms with Gasteiger partial charge in [0.1, 0.15) is 5.75 Å². The molecule has 2 rings (SSSR count). The third kappa shape index (κ3) is 3.98. The molecule has 0 spiro atoms. The Morgan fingerprint density at radius 3 is 2.52 bits per heavy atom. The quantitative estimate of drug-likeness (QED) is 0.780. The van der Waals surface area contributed by atoms with Crippen molar-refractivity contribution in [2.75, 3.05) is 6.61 Å². The van der Waals surface area contributed by atoms with Crippen LogP contribution in [0.5, 0.6) is 5.75 Å². The largest absolute Gasteiger partial charge is 0.493 e. The number of rotatable bonds is 7. The molecule has 0 aromatic heterocycles. The number of ether oxygens (including phenoxy) is 1. The van der Waals surface area contributed by atoms with Gasteiger partial charge in [-0.15, -0.1) is 0 Å². The Kier molecular flexibility index (Phi) is 5.24. The van der Waals surface area contributed by atoms with Gasteiger partial charge in [-0.05, 0) is 43.5 Å². The van der Waals surface area contributed by atoms with E-state index in [0.717, 1.165) is 31.7 Å². The Bertz CT molecular complexity index is 589. The van der Waals surface area contributed by atoms with Crippen LogP contribution < -0.4 is 10.1 Å². The topological polar surface area (TPSA) is 21.3 Å². The molecule has 0 bridgehead atoms. The molecule has 114 valence electrons. The Morgan fingerprint density at radius 2 is 1.81 bits per heavy atom. The summed E-state index contributed by atoms with van der Waals surface area (Å²) < 4.78 is 5.95. The van der Waals surface area contributed by atoms with Crippen LogP contribution in [-0.4, -0.2) is 12.1 Å². The highest BCUT2D eigenvalue weighted by Gasteiger charge is 2.16. The first-order chi connectivity index (χ1) is 10.1. The van der Waals surface area contributed by atoms with Crippen LogP contribution in [0.3, 0.4) is 0 Å². The molecule has 0 atom stereocenters. The van der Waals surface area contributed by atoms with E-state index in [0.29, 0.717) is 0 Å². The van der Waals surface area contributed by atoms with E-state index < -0.39 is 0 Å². The maximum Gasteiger partial charge on any atom is 0.124 e. The zero-order chi connectivity index (χ0) is 15.3. The molecule has 0 saturated heterocycles. The summed E-state index contributed by atoms with van der Waals surface area (Å²) in [6.07, 6.45) is 2.13. The van der Waals surface area contributed by atoms with Crippen molar-refractivity contribution in [2.24, 2.45) is 0 Å². The number of benzene rings is 2. The van der Waals surface area contributed by atoms with Gasteiger partial charge < -0.3 is 10.1 Å². The summed E-state index contributed by atoms with van der Waals surface area (Å²) in [5.41, 5.74) is 1.40. The van der Waals surface area contributed by atoms with Crippen molar-refractivity contribution in [1.82, 2.24) is 5.32 Å². The normalized spacial score (nSPS) is 11.8. The minimum Gasteiger partial charge on any atom is -0.493 e. The molecule has 0 aliphatic rings. The molecule has 2 heteroatoms. The lowest BCUT2D eigenvalue weighted by molar-refractivity contribution is 0.310. The fourth-order valence-electron chi connectivity index (χ4n) is 2.30. The lowest BCUT2D eigenvalue weighted by atomic mass is 9.99. The second kappa shape index (κ2) is 6.95. The molecule has 0 unspecified atom stereocenters. The molecule has 21 heavy (non-hydrogen) atoms. The summed E-state index contributed by atoms with van der Waals surface area (Å²) in [4.78, 5) is 0. The third-order valence-electron chi connectivity index (χ3n) is 4.09. The van der Waals surface area contributed by atoms with Crippen LogP contribution in [0.2, 0.25) is 0 Å². The number of fused-ring (bicyclic) bond motifs is 1. The highest BCUT2D eigenvalue weighted by molar-refractivity contribution is 5.87. The first kappa shape index (κ1) is 15.8. The molecular weight excluding hydrogens is 258 g/mol. The van der Waals surface area contributed by atoms with Gasteiger partial charge in [0, 0.05) is 17.6 Å². The van der Waals surface area contributed by atoms with Crippen LogP contribution in [0, 0.1) is 0 Å². The highest BCUT2D eigenvalue weighted by atomic mass is 16.5. The number of hydrogen-bond acceptors (Lipinski definition) is 2. The van der Waals surface area contributed by atoms with Crippen molar-refractivity contribution >= 4 is 10.8 Å². The monoisotopic (exact) mass is 285 g/mol. The van der Waals surface area contributed by atoms with Gasteiger partial charge in [-0.3, -0.25) is 0 Å². The summed E-state index contributed by atoms with van der Waals surface area (Å²) >= 11 is 0. The predicted octanol–water partition coefficient (Wildman–Crippen LogP) is 4.91. The molecule has 0 amide bonds. The van der Waals surface area contributed by atoms with E-state index in [9.17, 15) is 0 Å². The molecule has 0 radical (unpaired) electrons. The average Bonchev–Trinajstić information content (AvgIpc) is 2.51. The van der Waals surface area contributed by atoms with E-state index in [1.807, 2.05) is 0 Å². The third-order valence-corrected chi connectivity index (χ3v) is 4.09. The Balaban J connectivity index is 2.35. The molecule has 2 aromatic rings. The fourth-order valence-corrected chi connectivity index (χ4v) is 2.30. The van der Waals surface area contributed by atoms with Crippen molar-refractivity contribution in [1.29, 1.82) is 0 Å². The molecule has 2 nitrogen and oxygen atoms in total. The molecule has 0 fully saturated rings. The lowest BCUT2D eigenvalue weighted by Crippen LogP contribution is -2.37. The maximum atomic E-state index is 5.95. The van der Waals surface area contributed by atoms with Crippen molar-refractivity contribution in [3.05, 3.63) is 42.0 Å². The summed E-state index contributed by atoms with van der Waals surface area (Å²) in [5, 5.41) is 6.21. The molecular formula is C19H27NO. The van der Waals surface area contributed by atoms with E-state index in [4.69, 9.17) is 4.74 Å². The number of hydrogen-bond donors (Lipinski definition) is 1. The summed E-state index contributed by atoms with van der Waals surface area (Å²) in [6, 6.07) is 12.8. The minimum atomic E-state index is 0.138. The molecule has 0 saturated carbocycles. The minimum absolute atomic E-state index is 0.138. The SMILES string of the molecule is CCCOc1ccc2ccccc2c1CNC(C)(C)CC. The van der Waals surface area contributed by atoms with Crippen LogP contribution >= 0.6 is 0 Å². The summed E-state index contributed by atoms with van der Waals surface area (Å²) in [5.74, 6) is 1.01. The van der Waals surface area contributed by atoms with Crippen molar-refractivity contribution in [2.45, 2.75) is 52.6 Å². The zero-order valence-electron chi connectivity index (χ0n) is 13.7. The van der Waals surface area contributed by atoms with Gasteiger partial charge in [0.05, 0.1) is 6.61 Å². The zero-order valence-corrected chi connectivity index (χ0v) is 13.7. The van der Waals surface area contributed by atoms with Crippen LogP contribution in [0.4, 0.5) is 0 Å². The molecule has 1 N–H and O–H groups in total. The second-order valence-electron chi connectivity index (χ2n) is 6.20. The van der Waals surface area contributed by atoms with Gasteiger partial charge >= 0.3 is 0 Å². The maximum absolute atomic E-state index is 5.95. The van der Waals surface area contributed by atoms with Crippen molar-refractivity contribution < 1.29 is 4.74 Å². The van der Waals surface area contributed by atoms with Gasteiger partial charge in [0.15, 0.2) is 0 Å². The first-order valence-corrected chi connectivity index (χ1v) is 7.96. The lowest BCUT2D eigenvalue weighted by Gasteiger charge is -2.26. The van der Waals surface area contributed by atoms with Crippen molar-refractivity contribution in [3.63, 3.8) is 0 Å². The molecule has 0 heterocycles. The van der Waals surface area contributed by atoms with Gasteiger partial charge in [-0.25, -0.2) is 0 Å². The molecule has 2 aromatic carbocycles. The van der Waals surface area contributed by atoms with E-state index in [1.54, 1.807) is 0 Å². The standard InChI is InChI=1S/C19H27NO/c1-5-13-21-18-12-11-15-9-7-8-10-16(15)17(18)14-20-19(3,4)6-2/h7-12,20H,5-6,13-14H2,1-4H3. The van der Waals surface area contributed by atoms with Crippen LogP contribution in [0.15, 0.2) is 36.4 Å².